The van der Waals surface area contributed by atoms with Crippen LogP contribution in [0.25, 0.3) is 0 Å². The predicted molar refractivity (Wildman–Crippen MR) is 50.6 cm³/mol. The Bertz CT molecular complexity index is 257. The molecular weight excluding hydrogens is 184 g/mol. The fraction of sp³-hybridized carbons (Fsp3) is 0.700. The number of carbonyl (C=O) groups is 3. The number of ether oxygens (including phenoxy) is 1. The van der Waals surface area contributed by atoms with Crippen LogP contribution in [0, 0.1) is 11.8 Å². The molecule has 0 aromatic heterocycles. The van der Waals surface area contributed by atoms with Crippen LogP contribution in [0.1, 0.15) is 27.2 Å². The number of methoxy groups -OCH3 is 1. The van der Waals surface area contributed by atoms with Crippen LogP contribution in [0.2, 0.25) is 0 Å². The van der Waals surface area contributed by atoms with Gasteiger partial charge in [-0.05, 0) is 12.3 Å². The molecule has 0 aromatic carbocycles. The molecule has 14 heavy (non-hydrogen) atoms. The number of carbonyl (C=O) groups excluding carboxylic acids is 3. The van der Waals surface area contributed by atoms with Crippen molar-refractivity contribution in [2.75, 3.05) is 7.11 Å². The van der Waals surface area contributed by atoms with E-state index in [9.17, 15) is 14.4 Å². The third-order valence-electron chi connectivity index (χ3n) is 2.28. The number of ketones is 2. The van der Waals surface area contributed by atoms with E-state index in [0.717, 1.165) is 7.11 Å². The Kier molecular flexibility index (Phi) is 4.47. The lowest BCUT2D eigenvalue weighted by Gasteiger charge is -2.04. The number of esters is 1. The molecule has 0 N–H and O–H groups in total. The van der Waals surface area contributed by atoms with Crippen molar-refractivity contribution in [2.45, 2.75) is 27.2 Å². The number of hydrogen-bond donors (Lipinski definition) is 0. The molecule has 1 rings (SSSR count). The summed E-state index contributed by atoms with van der Waals surface area (Å²) in [5.41, 5.74) is 0. The molecular formula is C10H16O4. The smallest absolute Gasteiger partial charge is 0.375 e. The summed E-state index contributed by atoms with van der Waals surface area (Å²) in [6.45, 7) is 1.89. The third-order valence-corrected chi connectivity index (χ3v) is 2.28. The highest BCUT2D eigenvalue weighted by molar-refractivity contribution is 6.38. The van der Waals surface area contributed by atoms with Crippen molar-refractivity contribution < 1.29 is 19.1 Å². The average molecular weight is 200 g/mol. The van der Waals surface area contributed by atoms with Gasteiger partial charge in [-0.25, -0.2) is 4.79 Å². The van der Waals surface area contributed by atoms with Gasteiger partial charge < -0.3 is 4.74 Å². The van der Waals surface area contributed by atoms with Crippen molar-refractivity contribution in [2.24, 2.45) is 11.8 Å². The van der Waals surface area contributed by atoms with E-state index in [1.54, 1.807) is 0 Å². The standard InChI is InChI=1S/C9H12O4.CH4/c1-5-3-6(7(10)4-5)8(11)9(12)13-2;/h5-6H,3-4H2,1-2H3;1H4. The molecule has 80 valence electrons. The van der Waals surface area contributed by atoms with Gasteiger partial charge in [-0.1, -0.05) is 14.4 Å². The highest BCUT2D eigenvalue weighted by atomic mass is 16.5. The zero-order valence-corrected chi connectivity index (χ0v) is 7.70. The average Bonchev–Trinajstić information content (AvgIpc) is 2.42. The van der Waals surface area contributed by atoms with Gasteiger partial charge in [-0.3, -0.25) is 9.59 Å². The maximum atomic E-state index is 11.2. The Balaban J connectivity index is 0.00000169. The second-order valence-electron chi connectivity index (χ2n) is 3.42. The van der Waals surface area contributed by atoms with Gasteiger partial charge in [0.05, 0.1) is 13.0 Å². The molecule has 0 aromatic rings. The summed E-state index contributed by atoms with van der Waals surface area (Å²) in [5, 5.41) is 0. The van der Waals surface area contributed by atoms with Crippen molar-refractivity contribution >= 4 is 17.5 Å². The van der Waals surface area contributed by atoms with Gasteiger partial charge in [0.25, 0.3) is 0 Å². The fourth-order valence-corrected chi connectivity index (χ4v) is 1.60. The van der Waals surface area contributed by atoms with Gasteiger partial charge in [0, 0.05) is 6.42 Å². The molecule has 0 bridgehead atoms. The maximum absolute atomic E-state index is 11.2. The molecule has 1 aliphatic rings. The molecule has 2 unspecified atom stereocenters. The Labute approximate surface area is 83.6 Å². The van der Waals surface area contributed by atoms with Crippen molar-refractivity contribution in [3.05, 3.63) is 0 Å². The van der Waals surface area contributed by atoms with Crippen LogP contribution >= 0.6 is 0 Å². The predicted octanol–water partition coefficient (Wildman–Crippen LogP) is 0.980. The minimum atomic E-state index is -0.910. The monoisotopic (exact) mass is 200 g/mol. The Morgan fingerprint density at radius 1 is 1.43 bits per heavy atom. The molecule has 4 heteroatoms. The first-order chi connectivity index (χ1) is 6.06. The number of Topliss-reactive ketones (excluding diaryl/α,β-unsaturated/α-hetero) is 2. The van der Waals surface area contributed by atoms with Crippen LogP contribution in [-0.4, -0.2) is 24.6 Å². The van der Waals surface area contributed by atoms with E-state index in [0.29, 0.717) is 12.8 Å². The summed E-state index contributed by atoms with van der Waals surface area (Å²) >= 11 is 0. The van der Waals surface area contributed by atoms with Crippen LogP contribution in [0.3, 0.4) is 0 Å². The Morgan fingerprint density at radius 3 is 2.36 bits per heavy atom. The van der Waals surface area contributed by atoms with Crippen LogP contribution in [0.4, 0.5) is 0 Å². The molecule has 0 aliphatic heterocycles. The lowest BCUT2D eigenvalue weighted by atomic mass is 10.0. The summed E-state index contributed by atoms with van der Waals surface area (Å²) in [7, 11) is 1.14. The number of hydrogen-bond acceptors (Lipinski definition) is 4. The van der Waals surface area contributed by atoms with E-state index >= 15 is 0 Å². The second kappa shape index (κ2) is 4.88. The minimum absolute atomic E-state index is 0. The first-order valence-electron chi connectivity index (χ1n) is 4.21. The van der Waals surface area contributed by atoms with Gasteiger partial charge in [0.1, 0.15) is 5.78 Å². The van der Waals surface area contributed by atoms with E-state index in [1.807, 2.05) is 6.92 Å². The summed E-state index contributed by atoms with van der Waals surface area (Å²) in [6, 6.07) is 0. The molecule has 0 saturated heterocycles. The largest absolute Gasteiger partial charge is 0.463 e. The first kappa shape index (κ1) is 12.8. The zero-order chi connectivity index (χ0) is 10.0. The van der Waals surface area contributed by atoms with E-state index < -0.39 is 17.7 Å². The lowest BCUT2D eigenvalue weighted by Crippen LogP contribution is -2.27. The van der Waals surface area contributed by atoms with E-state index in [4.69, 9.17) is 0 Å². The maximum Gasteiger partial charge on any atom is 0.375 e. The highest BCUT2D eigenvalue weighted by Crippen LogP contribution is 2.27. The van der Waals surface area contributed by atoms with Gasteiger partial charge in [-0.15, -0.1) is 0 Å². The zero-order valence-electron chi connectivity index (χ0n) is 7.70. The molecule has 2 atom stereocenters. The van der Waals surface area contributed by atoms with Crippen molar-refractivity contribution in [1.82, 2.24) is 0 Å². The minimum Gasteiger partial charge on any atom is -0.463 e. The van der Waals surface area contributed by atoms with Gasteiger partial charge in [0.2, 0.25) is 5.78 Å². The van der Waals surface area contributed by atoms with Gasteiger partial charge >= 0.3 is 5.97 Å². The van der Waals surface area contributed by atoms with Gasteiger partial charge in [0.15, 0.2) is 0 Å². The molecule has 1 saturated carbocycles. The van der Waals surface area contributed by atoms with Crippen molar-refractivity contribution in [3.8, 4) is 0 Å². The lowest BCUT2D eigenvalue weighted by molar-refractivity contribution is -0.154. The molecule has 0 spiro atoms. The topological polar surface area (TPSA) is 60.4 Å². The first-order valence-corrected chi connectivity index (χ1v) is 4.21. The van der Waals surface area contributed by atoms with Crippen LogP contribution in [0.15, 0.2) is 0 Å². The van der Waals surface area contributed by atoms with E-state index in [-0.39, 0.29) is 19.1 Å². The Hall–Kier alpha value is -1.19. The summed E-state index contributed by atoms with van der Waals surface area (Å²) in [6.07, 6.45) is 0.875. The molecule has 4 nitrogen and oxygen atoms in total. The van der Waals surface area contributed by atoms with Crippen molar-refractivity contribution in [3.63, 3.8) is 0 Å². The summed E-state index contributed by atoms with van der Waals surface area (Å²) < 4.78 is 4.27. The number of rotatable bonds is 2. The van der Waals surface area contributed by atoms with Crippen molar-refractivity contribution in [1.29, 1.82) is 0 Å². The fourth-order valence-electron chi connectivity index (χ4n) is 1.60. The third kappa shape index (κ3) is 2.40. The molecule has 0 heterocycles. The van der Waals surface area contributed by atoms with E-state index in [1.165, 1.54) is 0 Å². The normalized spacial score (nSPS) is 25.4. The molecule has 0 amide bonds. The second-order valence-corrected chi connectivity index (χ2v) is 3.42. The SMILES string of the molecule is C.COC(=O)C(=O)C1CC(C)CC1=O. The van der Waals surface area contributed by atoms with E-state index in [2.05, 4.69) is 4.74 Å². The summed E-state index contributed by atoms with van der Waals surface area (Å²) in [4.78, 5) is 33.3. The van der Waals surface area contributed by atoms with Crippen LogP contribution < -0.4 is 0 Å². The van der Waals surface area contributed by atoms with Crippen LogP contribution in [0.5, 0.6) is 0 Å². The Morgan fingerprint density at radius 2 is 2.00 bits per heavy atom. The quantitative estimate of drug-likeness (QED) is 0.378. The molecule has 1 fully saturated rings. The highest BCUT2D eigenvalue weighted by Gasteiger charge is 2.38. The summed E-state index contributed by atoms with van der Waals surface area (Å²) in [5.74, 6) is -2.29. The van der Waals surface area contributed by atoms with Gasteiger partial charge in [-0.2, -0.15) is 0 Å². The molecule has 1 aliphatic carbocycles. The molecule has 0 radical (unpaired) electrons. The van der Waals surface area contributed by atoms with Crippen LogP contribution in [-0.2, 0) is 19.1 Å².